The van der Waals surface area contributed by atoms with Crippen LogP contribution >= 0.6 is 27.7 Å². The van der Waals surface area contributed by atoms with E-state index in [9.17, 15) is 9.59 Å². The summed E-state index contributed by atoms with van der Waals surface area (Å²) in [6, 6.07) is 5.51. The maximum atomic E-state index is 12.9. The Balaban J connectivity index is 2.42. The van der Waals surface area contributed by atoms with Gasteiger partial charge >= 0.3 is 0 Å². The lowest BCUT2D eigenvalue weighted by Crippen LogP contribution is -2.26. The fourth-order valence-corrected chi connectivity index (χ4v) is 3.62. The molecule has 1 aromatic carbocycles. The molecule has 7 heteroatoms. The molecule has 1 aromatic heterocycles. The Morgan fingerprint density at radius 2 is 2.08 bits per heavy atom. The molecule has 0 spiro atoms. The van der Waals surface area contributed by atoms with Gasteiger partial charge in [-0.3, -0.25) is 14.2 Å². The van der Waals surface area contributed by atoms with E-state index in [1.165, 1.54) is 11.8 Å². The van der Waals surface area contributed by atoms with Crippen molar-refractivity contribution in [2.45, 2.75) is 37.9 Å². The summed E-state index contributed by atoms with van der Waals surface area (Å²) in [5.74, 6) is 0.278. The standard InChI is InChI=1S/C17H22BrN3O2S/c1-4-5-6-9-21-16(23)13-10-12(18)7-8-14(13)19-17(21)24-11-15(22)20(2)3/h7-8,10H,4-6,9,11H2,1-3H3. The lowest BCUT2D eigenvalue weighted by molar-refractivity contribution is -0.125. The molecule has 24 heavy (non-hydrogen) atoms. The highest BCUT2D eigenvalue weighted by Crippen LogP contribution is 2.21. The van der Waals surface area contributed by atoms with Crippen molar-refractivity contribution in [3.05, 3.63) is 33.0 Å². The molecule has 0 N–H and O–H groups in total. The molecule has 2 aromatic rings. The minimum absolute atomic E-state index is 0.00487. The fourth-order valence-electron chi connectivity index (χ4n) is 2.26. The van der Waals surface area contributed by atoms with Gasteiger partial charge in [0.25, 0.3) is 5.56 Å². The molecule has 130 valence electrons. The van der Waals surface area contributed by atoms with Crippen LogP contribution in [0.5, 0.6) is 0 Å². The monoisotopic (exact) mass is 411 g/mol. The molecule has 0 unspecified atom stereocenters. The second-order valence-electron chi connectivity index (χ2n) is 5.80. The van der Waals surface area contributed by atoms with Crippen LogP contribution in [0.25, 0.3) is 10.9 Å². The van der Waals surface area contributed by atoms with Crippen LogP contribution < -0.4 is 5.56 Å². The van der Waals surface area contributed by atoms with Crippen molar-refractivity contribution in [1.82, 2.24) is 14.5 Å². The molecule has 0 saturated heterocycles. The Bertz CT molecular complexity index is 789. The van der Waals surface area contributed by atoms with Crippen LogP contribution in [0.1, 0.15) is 26.2 Å². The zero-order valence-corrected chi connectivity index (χ0v) is 16.6. The Hall–Kier alpha value is -1.34. The molecule has 0 aliphatic carbocycles. The summed E-state index contributed by atoms with van der Waals surface area (Å²) in [4.78, 5) is 30.9. The minimum atomic E-state index is -0.0443. The van der Waals surface area contributed by atoms with Gasteiger partial charge in [0.05, 0.1) is 16.7 Å². The van der Waals surface area contributed by atoms with Gasteiger partial charge in [-0.05, 0) is 24.6 Å². The summed E-state index contributed by atoms with van der Waals surface area (Å²) >= 11 is 4.73. The van der Waals surface area contributed by atoms with Gasteiger partial charge in [-0.2, -0.15) is 0 Å². The number of carbonyl (C=O) groups is 1. The predicted octanol–water partition coefficient (Wildman–Crippen LogP) is 3.53. The van der Waals surface area contributed by atoms with Crippen LogP contribution in [0.2, 0.25) is 0 Å². The van der Waals surface area contributed by atoms with Crippen molar-refractivity contribution in [2.24, 2.45) is 0 Å². The third-order valence-electron chi connectivity index (χ3n) is 3.69. The zero-order chi connectivity index (χ0) is 17.7. The smallest absolute Gasteiger partial charge is 0.262 e. The number of hydrogen-bond donors (Lipinski definition) is 0. The van der Waals surface area contributed by atoms with Crippen molar-refractivity contribution < 1.29 is 4.79 Å². The van der Waals surface area contributed by atoms with Gasteiger partial charge in [0, 0.05) is 25.1 Å². The van der Waals surface area contributed by atoms with E-state index in [0.717, 1.165) is 23.7 Å². The number of thioether (sulfide) groups is 1. The number of nitrogens with zero attached hydrogens (tertiary/aromatic N) is 3. The molecule has 0 atom stereocenters. The van der Waals surface area contributed by atoms with E-state index >= 15 is 0 Å². The topological polar surface area (TPSA) is 55.2 Å². The highest BCUT2D eigenvalue weighted by molar-refractivity contribution is 9.10. The molecule has 0 fully saturated rings. The highest BCUT2D eigenvalue weighted by atomic mass is 79.9. The van der Waals surface area contributed by atoms with Gasteiger partial charge in [0.1, 0.15) is 0 Å². The summed E-state index contributed by atoms with van der Waals surface area (Å²) in [5.41, 5.74) is 0.618. The van der Waals surface area contributed by atoms with E-state index in [1.54, 1.807) is 29.6 Å². The molecule has 1 heterocycles. The van der Waals surface area contributed by atoms with Crippen molar-refractivity contribution in [3.8, 4) is 0 Å². The molecular weight excluding hydrogens is 390 g/mol. The first-order chi connectivity index (χ1) is 11.4. The van der Waals surface area contributed by atoms with Crippen molar-refractivity contribution in [2.75, 3.05) is 19.8 Å². The van der Waals surface area contributed by atoms with Gasteiger partial charge in [-0.25, -0.2) is 4.98 Å². The van der Waals surface area contributed by atoms with E-state index in [-0.39, 0.29) is 17.2 Å². The average molecular weight is 412 g/mol. The number of carbonyl (C=O) groups excluding carboxylic acids is 1. The fraction of sp³-hybridized carbons (Fsp3) is 0.471. The number of aromatic nitrogens is 2. The van der Waals surface area contributed by atoms with Gasteiger partial charge in [-0.1, -0.05) is 47.5 Å². The molecule has 2 rings (SSSR count). The second kappa shape index (κ2) is 8.67. The van der Waals surface area contributed by atoms with Gasteiger partial charge in [0.2, 0.25) is 5.91 Å². The van der Waals surface area contributed by atoms with Crippen LogP contribution in [0.15, 0.2) is 32.6 Å². The molecule has 0 saturated carbocycles. The van der Waals surface area contributed by atoms with Crippen LogP contribution in [-0.2, 0) is 11.3 Å². The first kappa shape index (κ1) is 19.0. The summed E-state index contributed by atoms with van der Waals surface area (Å²) in [7, 11) is 3.45. The number of rotatable bonds is 7. The normalized spacial score (nSPS) is 11.0. The Kier molecular flexibility index (Phi) is 6.86. The van der Waals surface area contributed by atoms with Gasteiger partial charge in [-0.15, -0.1) is 0 Å². The van der Waals surface area contributed by atoms with Crippen molar-refractivity contribution in [1.29, 1.82) is 0 Å². The number of hydrogen-bond acceptors (Lipinski definition) is 4. The van der Waals surface area contributed by atoms with Crippen LogP contribution in [0.3, 0.4) is 0 Å². The number of fused-ring (bicyclic) bond motifs is 1. The average Bonchev–Trinajstić information content (AvgIpc) is 2.55. The molecule has 0 bridgehead atoms. The number of halogens is 1. The van der Waals surface area contributed by atoms with Gasteiger partial charge < -0.3 is 4.90 Å². The highest BCUT2D eigenvalue weighted by Gasteiger charge is 2.14. The van der Waals surface area contributed by atoms with E-state index in [2.05, 4.69) is 27.8 Å². The van der Waals surface area contributed by atoms with Gasteiger partial charge in [0.15, 0.2) is 5.16 Å². The summed E-state index contributed by atoms with van der Waals surface area (Å²) < 4.78 is 2.56. The van der Waals surface area contributed by atoms with E-state index in [0.29, 0.717) is 22.6 Å². The van der Waals surface area contributed by atoms with Crippen LogP contribution in [0, 0.1) is 0 Å². The molecule has 1 amide bonds. The lowest BCUT2D eigenvalue weighted by Gasteiger charge is -2.14. The molecule has 0 aliphatic heterocycles. The van der Waals surface area contributed by atoms with Crippen LogP contribution in [-0.4, -0.2) is 40.2 Å². The predicted molar refractivity (Wildman–Crippen MR) is 103 cm³/mol. The maximum absolute atomic E-state index is 12.9. The van der Waals surface area contributed by atoms with Crippen molar-refractivity contribution >= 4 is 44.5 Å². The molecule has 0 aliphatic rings. The number of amides is 1. The third-order valence-corrected chi connectivity index (χ3v) is 5.14. The van der Waals surface area contributed by atoms with E-state index in [4.69, 9.17) is 0 Å². The summed E-state index contributed by atoms with van der Waals surface area (Å²) in [6.45, 7) is 2.75. The van der Waals surface area contributed by atoms with E-state index in [1.807, 2.05) is 12.1 Å². The maximum Gasteiger partial charge on any atom is 0.262 e. The molecule has 0 radical (unpaired) electrons. The quantitative estimate of drug-likeness (QED) is 0.397. The van der Waals surface area contributed by atoms with Crippen molar-refractivity contribution in [3.63, 3.8) is 0 Å². The Morgan fingerprint density at radius 3 is 2.75 bits per heavy atom. The van der Waals surface area contributed by atoms with Crippen LogP contribution in [0.4, 0.5) is 0 Å². The largest absolute Gasteiger partial charge is 0.348 e. The summed E-state index contributed by atoms with van der Waals surface area (Å²) in [5, 5.41) is 1.21. The number of benzene rings is 1. The third kappa shape index (κ3) is 4.60. The molecular formula is C17H22BrN3O2S. The first-order valence-electron chi connectivity index (χ1n) is 7.97. The number of unbranched alkanes of at least 4 members (excludes halogenated alkanes) is 2. The Labute approximate surface area is 154 Å². The SMILES string of the molecule is CCCCCn1c(SCC(=O)N(C)C)nc2ccc(Br)cc2c1=O. The van der Waals surface area contributed by atoms with E-state index < -0.39 is 0 Å². The first-order valence-corrected chi connectivity index (χ1v) is 9.75. The molecule has 5 nitrogen and oxygen atoms in total. The lowest BCUT2D eigenvalue weighted by atomic mass is 10.2. The minimum Gasteiger partial charge on any atom is -0.348 e. The summed E-state index contributed by atoms with van der Waals surface area (Å²) in [6.07, 6.45) is 3.07. The Morgan fingerprint density at radius 1 is 1.33 bits per heavy atom. The second-order valence-corrected chi connectivity index (χ2v) is 7.65. The zero-order valence-electron chi connectivity index (χ0n) is 14.2.